The minimum Gasteiger partial charge on any atom is -0.508 e. The fraction of sp³-hybridized carbons (Fsp3) is 0.462. The Kier molecular flexibility index (Phi) is 6.97. The first-order chi connectivity index (χ1) is 16.2. The topological polar surface area (TPSA) is 97.3 Å². The number of carbonyl (C=O) groups excluding carboxylic acids is 2. The van der Waals surface area contributed by atoms with Crippen LogP contribution < -0.4 is 5.32 Å². The Morgan fingerprint density at radius 1 is 1.03 bits per heavy atom. The highest BCUT2D eigenvalue weighted by Crippen LogP contribution is 2.32. The molecule has 0 aliphatic carbocycles. The molecule has 3 unspecified atom stereocenters. The summed E-state index contributed by atoms with van der Waals surface area (Å²) in [5.41, 5.74) is 1.04. The van der Waals surface area contributed by atoms with Crippen molar-refractivity contribution >= 4 is 12.2 Å². The molecule has 0 saturated carbocycles. The number of hydrogen-bond acceptors (Lipinski definition) is 6. The van der Waals surface area contributed by atoms with Gasteiger partial charge in [-0.2, -0.15) is 0 Å². The highest BCUT2D eigenvalue weighted by atomic mass is 16.6. The molecule has 2 fully saturated rings. The summed E-state index contributed by atoms with van der Waals surface area (Å²) in [6, 6.07) is 15.8. The van der Waals surface area contributed by atoms with Crippen LogP contribution in [-0.4, -0.2) is 60.2 Å². The fourth-order valence-corrected chi connectivity index (χ4v) is 4.55. The number of ether oxygens (including phenoxy) is 3. The largest absolute Gasteiger partial charge is 0.508 e. The van der Waals surface area contributed by atoms with Gasteiger partial charge < -0.3 is 29.5 Å². The van der Waals surface area contributed by atoms with Gasteiger partial charge >= 0.3 is 12.2 Å². The Labute approximate surface area is 199 Å². The van der Waals surface area contributed by atoms with E-state index in [4.69, 9.17) is 14.2 Å². The molecule has 2 aliphatic rings. The first-order valence-corrected chi connectivity index (χ1v) is 11.6. The number of phenols is 1. The van der Waals surface area contributed by atoms with E-state index >= 15 is 0 Å². The highest BCUT2D eigenvalue weighted by Gasteiger charge is 2.45. The number of fused-ring (bicyclic) bond motifs is 2. The van der Waals surface area contributed by atoms with Crippen LogP contribution in [0, 0.1) is 11.8 Å². The number of benzene rings is 2. The van der Waals surface area contributed by atoms with E-state index in [2.05, 4.69) is 5.32 Å². The van der Waals surface area contributed by atoms with E-state index in [9.17, 15) is 14.7 Å². The normalized spacial score (nSPS) is 23.0. The molecule has 3 atom stereocenters. The molecule has 8 heteroatoms. The summed E-state index contributed by atoms with van der Waals surface area (Å²) < 4.78 is 17.1. The second-order valence-electron chi connectivity index (χ2n) is 9.90. The predicted molar refractivity (Wildman–Crippen MR) is 125 cm³/mol. The second-order valence-corrected chi connectivity index (χ2v) is 9.90. The van der Waals surface area contributed by atoms with Gasteiger partial charge in [0, 0.05) is 24.9 Å². The van der Waals surface area contributed by atoms with Crippen LogP contribution >= 0.6 is 0 Å². The molecule has 0 aromatic heterocycles. The number of carbonyl (C=O) groups is 2. The summed E-state index contributed by atoms with van der Waals surface area (Å²) in [5, 5.41) is 12.9. The number of alkyl carbamates (subject to hydrolysis) is 1. The van der Waals surface area contributed by atoms with Gasteiger partial charge in [0.25, 0.3) is 0 Å². The first-order valence-electron chi connectivity index (χ1n) is 11.6. The summed E-state index contributed by atoms with van der Waals surface area (Å²) in [6.07, 6.45) is -1.28. The maximum atomic E-state index is 13.0. The summed E-state index contributed by atoms with van der Waals surface area (Å²) in [6.45, 7) is 7.13. The molecule has 0 radical (unpaired) electrons. The summed E-state index contributed by atoms with van der Waals surface area (Å²) in [5.74, 6) is -0.154. The van der Waals surface area contributed by atoms with E-state index in [1.807, 2.05) is 57.2 Å². The first kappa shape index (κ1) is 23.9. The van der Waals surface area contributed by atoms with Crippen LogP contribution in [0.3, 0.4) is 0 Å². The van der Waals surface area contributed by atoms with E-state index in [1.165, 1.54) is 0 Å². The molecular weight excluding hydrogens is 436 g/mol. The van der Waals surface area contributed by atoms with Gasteiger partial charge in [0.15, 0.2) is 0 Å². The molecule has 182 valence electrons. The predicted octanol–water partition coefficient (Wildman–Crippen LogP) is 4.09. The number of nitrogens with one attached hydrogen (secondary N) is 1. The third kappa shape index (κ3) is 5.80. The Balaban J connectivity index is 1.46. The van der Waals surface area contributed by atoms with Crippen LogP contribution in [0.25, 0.3) is 0 Å². The summed E-state index contributed by atoms with van der Waals surface area (Å²) in [7, 11) is 0. The lowest BCUT2D eigenvalue weighted by molar-refractivity contribution is -0.124. The average molecular weight is 469 g/mol. The monoisotopic (exact) mass is 468 g/mol. The molecule has 2 bridgehead atoms. The smallest absolute Gasteiger partial charge is 0.410 e. The van der Waals surface area contributed by atoms with E-state index in [0.29, 0.717) is 26.3 Å². The highest BCUT2D eigenvalue weighted by molar-refractivity contribution is 5.70. The maximum Gasteiger partial charge on any atom is 0.410 e. The van der Waals surface area contributed by atoms with E-state index in [1.54, 1.807) is 23.1 Å². The molecule has 2 N–H and O–H groups in total. The van der Waals surface area contributed by atoms with Crippen molar-refractivity contribution in [3.8, 4) is 5.75 Å². The second kappa shape index (κ2) is 9.93. The quantitative estimate of drug-likeness (QED) is 0.702. The molecule has 34 heavy (non-hydrogen) atoms. The van der Waals surface area contributed by atoms with Crippen molar-refractivity contribution in [1.29, 1.82) is 0 Å². The number of likely N-dealkylation sites (tertiary alicyclic amines) is 1. The lowest BCUT2D eigenvalue weighted by Crippen LogP contribution is -2.59. The van der Waals surface area contributed by atoms with Crippen LogP contribution in [0.1, 0.15) is 37.9 Å². The molecule has 2 amide bonds. The van der Waals surface area contributed by atoms with Gasteiger partial charge in [-0.05, 0) is 44.0 Å². The van der Waals surface area contributed by atoms with Gasteiger partial charge in [0.1, 0.15) is 17.5 Å². The molecule has 2 heterocycles. The van der Waals surface area contributed by atoms with E-state index in [0.717, 1.165) is 11.1 Å². The fourth-order valence-electron chi connectivity index (χ4n) is 4.55. The van der Waals surface area contributed by atoms with Crippen LogP contribution in [0.15, 0.2) is 54.6 Å². The zero-order valence-corrected chi connectivity index (χ0v) is 19.8. The number of aromatic hydroxyl groups is 1. The zero-order valence-electron chi connectivity index (χ0n) is 19.8. The summed E-state index contributed by atoms with van der Waals surface area (Å²) >= 11 is 0. The number of hydrogen-bond donors (Lipinski definition) is 2. The summed E-state index contributed by atoms with van der Waals surface area (Å²) in [4.78, 5) is 27.3. The number of nitrogens with zero attached hydrogens (tertiary/aromatic N) is 1. The molecule has 2 aromatic rings. The molecular formula is C26H32N2O6. The van der Waals surface area contributed by atoms with Crippen molar-refractivity contribution in [2.45, 2.75) is 38.5 Å². The van der Waals surface area contributed by atoms with Crippen LogP contribution in [0.5, 0.6) is 5.75 Å². The van der Waals surface area contributed by atoms with Crippen molar-refractivity contribution in [2.24, 2.45) is 11.8 Å². The van der Waals surface area contributed by atoms with Gasteiger partial charge in [-0.25, -0.2) is 9.59 Å². The SMILES string of the molecule is CC(C)(C)OC(=O)N1CC2COCC(C1)C2OC(=O)NC(c1ccccc1)c1cccc(O)c1. The van der Waals surface area contributed by atoms with Gasteiger partial charge in [-0.3, -0.25) is 0 Å². The number of piperidine rings is 1. The zero-order chi connectivity index (χ0) is 24.3. The van der Waals surface area contributed by atoms with Gasteiger partial charge in [-0.15, -0.1) is 0 Å². The Morgan fingerprint density at radius 2 is 1.68 bits per heavy atom. The molecule has 4 rings (SSSR count). The number of phenolic OH excluding ortho intramolecular Hbond substituents is 1. The van der Waals surface area contributed by atoms with Gasteiger partial charge in [0.05, 0.1) is 19.3 Å². The molecule has 2 aliphatic heterocycles. The molecule has 2 aromatic carbocycles. The van der Waals surface area contributed by atoms with Crippen LogP contribution in [-0.2, 0) is 14.2 Å². The van der Waals surface area contributed by atoms with E-state index in [-0.39, 0.29) is 29.8 Å². The Bertz CT molecular complexity index is 992. The molecule has 8 nitrogen and oxygen atoms in total. The standard InChI is InChI=1S/C26H32N2O6/c1-26(2,3)34-25(31)28-13-19-15-32-16-20(14-28)23(19)33-24(30)27-22(17-8-5-4-6-9-17)18-10-7-11-21(29)12-18/h4-12,19-20,22-23,29H,13-16H2,1-3H3,(H,27,30). The lowest BCUT2D eigenvalue weighted by atomic mass is 9.85. The maximum absolute atomic E-state index is 13.0. The third-order valence-electron chi connectivity index (χ3n) is 6.00. The Hall–Kier alpha value is -3.26. The lowest BCUT2D eigenvalue weighted by Gasteiger charge is -2.46. The number of amides is 2. The van der Waals surface area contributed by atoms with Crippen LogP contribution in [0.2, 0.25) is 0 Å². The average Bonchev–Trinajstić information content (AvgIpc) is 2.76. The van der Waals surface area contributed by atoms with Gasteiger partial charge in [-0.1, -0.05) is 42.5 Å². The molecule has 2 saturated heterocycles. The van der Waals surface area contributed by atoms with Crippen LogP contribution in [0.4, 0.5) is 9.59 Å². The Morgan fingerprint density at radius 3 is 2.29 bits per heavy atom. The number of rotatable bonds is 4. The third-order valence-corrected chi connectivity index (χ3v) is 6.00. The minimum atomic E-state index is -0.575. The van der Waals surface area contributed by atoms with Crippen molar-refractivity contribution in [1.82, 2.24) is 10.2 Å². The van der Waals surface area contributed by atoms with Crippen molar-refractivity contribution in [2.75, 3.05) is 26.3 Å². The van der Waals surface area contributed by atoms with E-state index < -0.39 is 17.7 Å². The van der Waals surface area contributed by atoms with Crippen molar-refractivity contribution in [3.63, 3.8) is 0 Å². The molecule has 0 spiro atoms. The van der Waals surface area contributed by atoms with Crippen molar-refractivity contribution < 1.29 is 28.9 Å². The van der Waals surface area contributed by atoms with Crippen molar-refractivity contribution in [3.05, 3.63) is 65.7 Å². The van der Waals surface area contributed by atoms with Gasteiger partial charge in [0.2, 0.25) is 0 Å². The minimum absolute atomic E-state index is 0.120.